The Balaban J connectivity index is 1.57. The molecule has 0 radical (unpaired) electrons. The second-order valence-electron chi connectivity index (χ2n) is 8.42. The van der Waals surface area contributed by atoms with Crippen LogP contribution >= 0.6 is 0 Å². The predicted molar refractivity (Wildman–Crippen MR) is 130 cm³/mol. The number of hydrogen-bond donors (Lipinski definition) is 1. The number of anilines is 2. The van der Waals surface area contributed by atoms with Crippen molar-refractivity contribution in [3.8, 4) is 11.4 Å². The van der Waals surface area contributed by atoms with E-state index in [9.17, 15) is 4.79 Å². The van der Waals surface area contributed by atoms with Gasteiger partial charge in [0.05, 0.1) is 32.7 Å². The molecule has 9 heteroatoms. The second-order valence-corrected chi connectivity index (χ2v) is 9.99. The Morgan fingerprint density at radius 2 is 1.62 bits per heavy atom. The van der Waals surface area contributed by atoms with Crippen LogP contribution in [0.2, 0.25) is 0 Å². The average Bonchev–Trinajstić information content (AvgIpc) is 2.85. The molecule has 8 nitrogen and oxygen atoms in total. The molecule has 2 saturated heterocycles. The third-order valence-electron chi connectivity index (χ3n) is 5.93. The van der Waals surface area contributed by atoms with E-state index < -0.39 is 0 Å². The Morgan fingerprint density at radius 1 is 1.00 bits per heavy atom. The lowest BCUT2D eigenvalue weighted by Crippen LogP contribution is -2.43. The quantitative estimate of drug-likeness (QED) is 0.548. The van der Waals surface area contributed by atoms with Crippen molar-refractivity contribution >= 4 is 29.3 Å². The van der Waals surface area contributed by atoms with E-state index in [1.807, 2.05) is 24.3 Å². The lowest BCUT2D eigenvalue weighted by Gasteiger charge is -2.29. The van der Waals surface area contributed by atoms with E-state index in [0.29, 0.717) is 45.3 Å². The predicted octanol–water partition coefficient (Wildman–Crippen LogP) is 2.52. The maximum absolute atomic E-state index is 12.4. The van der Waals surface area contributed by atoms with Gasteiger partial charge in [-0.25, -0.2) is 14.8 Å². The molecule has 32 heavy (non-hydrogen) atoms. The molecule has 2 aromatic rings. The summed E-state index contributed by atoms with van der Waals surface area (Å²) in [6.45, 7) is 9.87. The van der Waals surface area contributed by atoms with Gasteiger partial charge in [-0.1, -0.05) is 0 Å². The van der Waals surface area contributed by atoms with Gasteiger partial charge in [-0.15, -0.1) is 0 Å². The van der Waals surface area contributed by atoms with Crippen LogP contribution in [0.4, 0.5) is 16.3 Å². The number of benzene rings is 1. The van der Waals surface area contributed by atoms with E-state index in [2.05, 4.69) is 36.4 Å². The fourth-order valence-corrected chi connectivity index (χ4v) is 3.96. The fraction of sp³-hybridized carbons (Fsp3) is 0.522. The number of hydrogen-bond acceptors (Lipinski definition) is 6. The molecule has 4 rings (SSSR count). The van der Waals surface area contributed by atoms with Crippen molar-refractivity contribution in [3.05, 3.63) is 36.0 Å². The largest absolute Gasteiger partial charge is 0.378 e. The summed E-state index contributed by atoms with van der Waals surface area (Å²) in [7, 11) is 0. The fourth-order valence-electron chi connectivity index (χ4n) is 3.62. The summed E-state index contributed by atoms with van der Waals surface area (Å²) in [5.41, 5.74) is 2.70. The van der Waals surface area contributed by atoms with Crippen LogP contribution in [0.15, 0.2) is 30.3 Å². The number of amides is 2. The van der Waals surface area contributed by atoms with Crippen molar-refractivity contribution < 1.29 is 14.3 Å². The maximum atomic E-state index is 12.4. The van der Waals surface area contributed by atoms with Crippen molar-refractivity contribution in [1.29, 1.82) is 0 Å². The van der Waals surface area contributed by atoms with Gasteiger partial charge in [-0.3, -0.25) is 0 Å². The number of nitrogens with zero attached hydrogens (tertiary/aromatic N) is 4. The average molecular weight is 459 g/mol. The molecule has 3 heterocycles. The molecule has 0 aliphatic carbocycles. The van der Waals surface area contributed by atoms with Gasteiger partial charge in [0.1, 0.15) is 11.5 Å². The van der Waals surface area contributed by atoms with Gasteiger partial charge in [0.15, 0.2) is 10.6 Å². The second kappa shape index (κ2) is 10.1. The van der Waals surface area contributed by atoms with Crippen LogP contribution in [0, 0.1) is 0 Å². The zero-order chi connectivity index (χ0) is 22.6. The number of carbonyl (C=O) groups is 1. The van der Waals surface area contributed by atoms with Gasteiger partial charge < -0.3 is 24.6 Å². The lowest BCUT2D eigenvalue weighted by molar-refractivity contribution is 0.0564. The summed E-state index contributed by atoms with van der Waals surface area (Å²) in [5.74, 6) is 1.64. The third-order valence-corrected chi connectivity index (χ3v) is 7.27. The molecule has 0 spiro atoms. The SMILES string of the molecule is C[SH+]C(C)(C)c1cc(N2CCOCC2)nc(-c2ccc(NC(=O)N3CCOCC3)cc2)n1. The molecule has 2 aliphatic rings. The van der Waals surface area contributed by atoms with Crippen molar-refractivity contribution in [2.45, 2.75) is 18.6 Å². The normalized spacial score (nSPS) is 17.3. The van der Waals surface area contributed by atoms with Gasteiger partial charge in [-0.05, 0) is 49.9 Å². The van der Waals surface area contributed by atoms with Gasteiger partial charge in [0.25, 0.3) is 0 Å². The van der Waals surface area contributed by atoms with Gasteiger partial charge >= 0.3 is 6.03 Å². The minimum Gasteiger partial charge on any atom is -0.378 e. The standard InChI is InChI=1S/C23H31N5O3S/c1-23(2,32-3)19-16-20(27-8-12-30-13-9-27)26-21(25-19)17-4-6-18(7-5-17)24-22(29)28-10-14-31-15-11-28/h4-7,16H,8-15H2,1-3H3,(H,24,29)/p+1. The molecule has 1 aromatic heterocycles. The first-order chi connectivity index (χ1) is 15.5. The monoisotopic (exact) mass is 458 g/mol. The number of morpholine rings is 2. The molecule has 0 saturated carbocycles. The molecule has 1 N–H and O–H groups in total. The summed E-state index contributed by atoms with van der Waals surface area (Å²) < 4.78 is 10.7. The molecule has 0 unspecified atom stereocenters. The van der Waals surface area contributed by atoms with Crippen LogP contribution in [-0.4, -0.2) is 79.8 Å². The first-order valence-electron chi connectivity index (χ1n) is 11.0. The van der Waals surface area contributed by atoms with Gasteiger partial charge in [0.2, 0.25) is 0 Å². The van der Waals surface area contributed by atoms with Crippen molar-refractivity contribution in [1.82, 2.24) is 14.9 Å². The smallest absolute Gasteiger partial charge is 0.321 e. The van der Waals surface area contributed by atoms with E-state index in [1.165, 1.54) is 11.8 Å². The minimum atomic E-state index is -0.0994. The number of nitrogens with one attached hydrogen (secondary N) is 1. The van der Waals surface area contributed by atoms with E-state index in [4.69, 9.17) is 19.4 Å². The third kappa shape index (κ3) is 5.33. The first-order valence-corrected chi connectivity index (χ1v) is 12.4. The summed E-state index contributed by atoms with van der Waals surface area (Å²) in [6, 6.07) is 9.75. The van der Waals surface area contributed by atoms with E-state index in [0.717, 1.165) is 35.9 Å². The van der Waals surface area contributed by atoms with Crippen LogP contribution in [0.5, 0.6) is 0 Å². The topological polar surface area (TPSA) is 79.8 Å². The van der Waals surface area contributed by atoms with E-state index >= 15 is 0 Å². The Kier molecular flexibility index (Phi) is 7.17. The molecule has 172 valence electrons. The highest BCUT2D eigenvalue weighted by atomic mass is 32.2. The van der Waals surface area contributed by atoms with Crippen LogP contribution in [-0.2, 0) is 26.0 Å². The molecule has 2 amide bonds. The van der Waals surface area contributed by atoms with Crippen LogP contribution < -0.4 is 10.2 Å². The zero-order valence-electron chi connectivity index (χ0n) is 19.0. The van der Waals surface area contributed by atoms with Crippen molar-refractivity contribution in [3.63, 3.8) is 0 Å². The van der Waals surface area contributed by atoms with Crippen LogP contribution in [0.3, 0.4) is 0 Å². The summed E-state index contributed by atoms with van der Waals surface area (Å²) in [4.78, 5) is 26.3. The maximum Gasteiger partial charge on any atom is 0.321 e. The highest BCUT2D eigenvalue weighted by Gasteiger charge is 2.30. The molecule has 0 atom stereocenters. The molecule has 2 aliphatic heterocycles. The van der Waals surface area contributed by atoms with Gasteiger partial charge in [-0.2, -0.15) is 0 Å². The Labute approximate surface area is 193 Å². The van der Waals surface area contributed by atoms with Gasteiger partial charge in [0, 0.05) is 43.5 Å². The van der Waals surface area contributed by atoms with Crippen LogP contribution in [0.25, 0.3) is 11.4 Å². The van der Waals surface area contributed by atoms with E-state index in [1.54, 1.807) is 4.90 Å². The minimum absolute atomic E-state index is 0.0786. The lowest BCUT2D eigenvalue weighted by atomic mass is 10.1. The highest BCUT2D eigenvalue weighted by molar-refractivity contribution is 7.78. The van der Waals surface area contributed by atoms with Crippen molar-refractivity contribution in [2.24, 2.45) is 0 Å². The van der Waals surface area contributed by atoms with Crippen molar-refractivity contribution in [2.75, 3.05) is 69.1 Å². The Bertz CT molecular complexity index is 926. The molecule has 0 bridgehead atoms. The molecule has 2 fully saturated rings. The summed E-state index contributed by atoms with van der Waals surface area (Å²) in [5, 5.41) is 2.97. The van der Waals surface area contributed by atoms with Crippen LogP contribution in [0.1, 0.15) is 19.5 Å². The Hall–Kier alpha value is -2.36. The molecular formula is C23H32N5O3S+. The Morgan fingerprint density at radius 3 is 2.25 bits per heavy atom. The summed E-state index contributed by atoms with van der Waals surface area (Å²) >= 11 is 1.25. The molecular weight excluding hydrogens is 426 g/mol. The number of aromatic nitrogens is 2. The molecule has 1 aromatic carbocycles. The number of ether oxygens (including phenoxy) is 2. The highest BCUT2D eigenvalue weighted by Crippen LogP contribution is 2.29. The first kappa shape index (κ1) is 22.8. The number of rotatable bonds is 5. The summed E-state index contributed by atoms with van der Waals surface area (Å²) in [6.07, 6.45) is 2.15. The zero-order valence-corrected chi connectivity index (χ0v) is 19.9. The number of carbonyl (C=O) groups excluding carboxylic acids is 1. The number of thiol groups is 1. The van der Waals surface area contributed by atoms with E-state index in [-0.39, 0.29) is 10.8 Å². The number of urea groups is 1.